The fraction of sp³-hybridized carbons (Fsp3) is 0.391. The Morgan fingerprint density at radius 1 is 1.31 bits per heavy atom. The number of carbonyl (C=O) groups is 4. The molecule has 0 spiro atoms. The molecule has 1 fully saturated rings. The van der Waals surface area contributed by atoms with Crippen LogP contribution in [0.2, 0.25) is 0 Å². The van der Waals surface area contributed by atoms with Crippen molar-refractivity contribution in [3.8, 4) is 5.75 Å². The number of aromatic nitrogens is 4. The molecular weight excluding hydrogens is 550 g/mol. The lowest BCUT2D eigenvalue weighted by molar-refractivity contribution is -0.153. The minimum atomic E-state index is -1.26. The SMILES string of the molecule is Cn1nnnc1SCC1=C(C(=O)O)N2C(=O)C(NC(=O)C(=NOC(=O)C(C)(C)C)c3cccc(O)c3)[C@@H]2SC1. The zero-order valence-electron chi connectivity index (χ0n) is 21.3. The second kappa shape index (κ2) is 11.1. The van der Waals surface area contributed by atoms with Crippen LogP contribution in [0.25, 0.3) is 0 Å². The highest BCUT2D eigenvalue weighted by atomic mass is 32.2. The van der Waals surface area contributed by atoms with Gasteiger partial charge in [-0.25, -0.2) is 14.3 Å². The number of amides is 2. The summed E-state index contributed by atoms with van der Waals surface area (Å²) >= 11 is 2.54. The lowest BCUT2D eigenvalue weighted by Gasteiger charge is -2.49. The van der Waals surface area contributed by atoms with E-state index in [0.29, 0.717) is 16.5 Å². The van der Waals surface area contributed by atoms with Crippen LogP contribution in [0, 0.1) is 5.41 Å². The number of nitrogens with one attached hydrogen (secondary N) is 1. The quantitative estimate of drug-likeness (QED) is 0.132. The van der Waals surface area contributed by atoms with Crippen molar-refractivity contribution in [2.75, 3.05) is 11.5 Å². The number of rotatable bonds is 8. The summed E-state index contributed by atoms with van der Waals surface area (Å²) in [5.74, 6) is -2.99. The van der Waals surface area contributed by atoms with E-state index in [9.17, 15) is 29.4 Å². The van der Waals surface area contributed by atoms with Crippen molar-refractivity contribution < 1.29 is 34.2 Å². The average Bonchev–Trinajstić information content (AvgIpc) is 3.29. The number of phenolic OH excluding ortho intramolecular Hbond substituents is 1. The summed E-state index contributed by atoms with van der Waals surface area (Å²) in [5, 5.41) is 37.1. The van der Waals surface area contributed by atoms with Gasteiger partial charge in [0.1, 0.15) is 22.9 Å². The first kappa shape index (κ1) is 28.1. The molecule has 1 saturated heterocycles. The van der Waals surface area contributed by atoms with Gasteiger partial charge in [-0.1, -0.05) is 29.1 Å². The van der Waals surface area contributed by atoms with Gasteiger partial charge in [-0.15, -0.1) is 16.9 Å². The van der Waals surface area contributed by atoms with E-state index >= 15 is 0 Å². The van der Waals surface area contributed by atoms with Crippen molar-refractivity contribution >= 4 is 53.0 Å². The van der Waals surface area contributed by atoms with Crippen LogP contribution in [-0.4, -0.2) is 87.7 Å². The molecule has 1 unspecified atom stereocenters. The standard InChI is InChI=1S/C23H25N7O7S2/c1-23(2,3)21(36)37-26-14(11-6-5-7-13(31)8-11)17(32)24-15-18(33)30-16(20(34)35)12(9-38-19(15)30)10-39-22-25-27-28-29(22)4/h5-8,15,19,31H,9-10H2,1-4H3,(H,24,32)(H,34,35)/t15?,19-/m0/s1. The van der Waals surface area contributed by atoms with E-state index in [4.69, 9.17) is 4.84 Å². The molecule has 0 aliphatic carbocycles. The smallest absolute Gasteiger partial charge is 0.352 e. The van der Waals surface area contributed by atoms with Gasteiger partial charge in [-0.3, -0.25) is 14.5 Å². The number of carboxylic acids is 1. The summed E-state index contributed by atoms with van der Waals surface area (Å²) in [7, 11) is 1.66. The van der Waals surface area contributed by atoms with E-state index in [0.717, 1.165) is 4.90 Å². The molecule has 1 aromatic carbocycles. The fourth-order valence-electron chi connectivity index (χ4n) is 3.60. The molecule has 39 heavy (non-hydrogen) atoms. The molecule has 16 heteroatoms. The van der Waals surface area contributed by atoms with Gasteiger partial charge in [0.15, 0.2) is 5.71 Å². The Hall–Kier alpha value is -3.92. The predicted molar refractivity (Wildman–Crippen MR) is 139 cm³/mol. The number of β-lactam (4-membered cyclic amide) rings is 1. The molecule has 14 nitrogen and oxygen atoms in total. The van der Waals surface area contributed by atoms with Crippen LogP contribution in [0.4, 0.5) is 0 Å². The molecule has 0 bridgehead atoms. The zero-order chi connectivity index (χ0) is 28.5. The first-order valence-corrected chi connectivity index (χ1v) is 13.6. The third kappa shape index (κ3) is 5.90. The van der Waals surface area contributed by atoms with Crippen LogP contribution >= 0.6 is 23.5 Å². The van der Waals surface area contributed by atoms with Gasteiger partial charge < -0.3 is 20.4 Å². The molecule has 1 aromatic heterocycles. The van der Waals surface area contributed by atoms with Crippen LogP contribution in [-0.2, 0) is 31.1 Å². The molecule has 2 aliphatic heterocycles. The third-order valence-corrected chi connectivity index (χ3v) is 8.10. The minimum absolute atomic E-state index is 0.141. The van der Waals surface area contributed by atoms with Gasteiger partial charge in [0.25, 0.3) is 11.8 Å². The first-order valence-electron chi connectivity index (χ1n) is 11.5. The van der Waals surface area contributed by atoms with Crippen LogP contribution in [0.15, 0.2) is 45.8 Å². The Morgan fingerprint density at radius 2 is 2.05 bits per heavy atom. The molecule has 4 rings (SSSR count). The number of carboxylic acid groups (broad SMARTS) is 1. The van der Waals surface area contributed by atoms with Crippen LogP contribution < -0.4 is 5.32 Å². The molecule has 2 aliphatic rings. The second-order valence-corrected chi connectivity index (χ2v) is 11.7. The molecule has 3 heterocycles. The number of phenols is 1. The Bertz CT molecular complexity index is 1400. The van der Waals surface area contributed by atoms with Gasteiger partial charge in [0, 0.05) is 24.1 Å². The lowest BCUT2D eigenvalue weighted by atomic mass is 9.98. The monoisotopic (exact) mass is 575 g/mol. The van der Waals surface area contributed by atoms with E-state index in [1.165, 1.54) is 52.5 Å². The van der Waals surface area contributed by atoms with Crippen LogP contribution in [0.5, 0.6) is 5.75 Å². The lowest BCUT2D eigenvalue weighted by Crippen LogP contribution is -2.71. The minimum Gasteiger partial charge on any atom is -0.508 e. The summed E-state index contributed by atoms with van der Waals surface area (Å²) in [6.45, 7) is 4.85. The number of thioether (sulfide) groups is 2. The van der Waals surface area contributed by atoms with Crippen LogP contribution in [0.1, 0.15) is 26.3 Å². The van der Waals surface area contributed by atoms with Gasteiger partial charge in [0.2, 0.25) is 5.16 Å². The fourth-order valence-corrected chi connectivity index (χ4v) is 5.94. The van der Waals surface area contributed by atoms with Crippen molar-refractivity contribution in [3.63, 3.8) is 0 Å². The molecule has 2 aromatic rings. The van der Waals surface area contributed by atoms with E-state index in [1.807, 2.05) is 0 Å². The molecule has 206 valence electrons. The highest BCUT2D eigenvalue weighted by Crippen LogP contribution is 2.41. The maximum absolute atomic E-state index is 13.2. The molecule has 2 atom stereocenters. The number of nitrogens with zero attached hydrogens (tertiary/aromatic N) is 6. The topological polar surface area (TPSA) is 189 Å². The van der Waals surface area contributed by atoms with Gasteiger partial charge >= 0.3 is 11.9 Å². The summed E-state index contributed by atoms with van der Waals surface area (Å²) in [6, 6.07) is 4.56. The number of aromatic hydroxyl groups is 1. The number of tetrazole rings is 1. The largest absolute Gasteiger partial charge is 0.508 e. The number of fused-ring (bicyclic) bond motifs is 1. The van der Waals surface area contributed by atoms with Gasteiger partial charge in [-0.05, 0) is 48.9 Å². The summed E-state index contributed by atoms with van der Waals surface area (Å²) in [6.07, 6.45) is 0. The second-order valence-electron chi connectivity index (χ2n) is 9.61. The molecule has 2 amide bonds. The molecule has 3 N–H and O–H groups in total. The Morgan fingerprint density at radius 3 is 2.67 bits per heavy atom. The van der Waals surface area contributed by atoms with Crippen molar-refractivity contribution in [2.24, 2.45) is 17.6 Å². The highest BCUT2D eigenvalue weighted by molar-refractivity contribution is 8.01. The van der Waals surface area contributed by atoms with Crippen molar-refractivity contribution in [3.05, 3.63) is 41.1 Å². The maximum atomic E-state index is 13.2. The van der Waals surface area contributed by atoms with E-state index in [-0.39, 0.29) is 28.5 Å². The van der Waals surface area contributed by atoms with Gasteiger partial charge in [0.05, 0.1) is 5.41 Å². The molecule has 0 saturated carbocycles. The molecular formula is C23H25N7O7S2. The maximum Gasteiger partial charge on any atom is 0.352 e. The highest BCUT2D eigenvalue weighted by Gasteiger charge is 2.54. The number of aliphatic carboxylic acids is 1. The van der Waals surface area contributed by atoms with E-state index in [1.54, 1.807) is 27.8 Å². The Labute approximate surface area is 230 Å². The summed E-state index contributed by atoms with van der Waals surface area (Å²) in [4.78, 5) is 56.8. The normalized spacial score (nSPS) is 19.3. The van der Waals surface area contributed by atoms with E-state index < -0.39 is 40.6 Å². The number of hydrogen-bond donors (Lipinski definition) is 3. The summed E-state index contributed by atoms with van der Waals surface area (Å²) in [5.41, 5.74) is -0.702. The number of carbonyl (C=O) groups excluding carboxylic acids is 3. The number of benzene rings is 1. The predicted octanol–water partition coefficient (Wildman–Crippen LogP) is 0.740. The Kier molecular flexibility index (Phi) is 7.96. The van der Waals surface area contributed by atoms with Crippen LogP contribution in [0.3, 0.4) is 0 Å². The van der Waals surface area contributed by atoms with Crippen molar-refractivity contribution in [2.45, 2.75) is 37.3 Å². The number of aryl methyl sites for hydroxylation is 1. The van der Waals surface area contributed by atoms with Crippen molar-refractivity contribution in [1.82, 2.24) is 30.4 Å². The van der Waals surface area contributed by atoms with E-state index in [2.05, 4.69) is 26.0 Å². The third-order valence-electron chi connectivity index (χ3n) is 5.66. The number of oxime groups is 1. The molecule has 0 radical (unpaired) electrons. The van der Waals surface area contributed by atoms with Crippen molar-refractivity contribution in [1.29, 1.82) is 0 Å². The Balaban J connectivity index is 1.53. The summed E-state index contributed by atoms with van der Waals surface area (Å²) < 4.78 is 1.45. The average molecular weight is 576 g/mol. The van der Waals surface area contributed by atoms with Gasteiger partial charge in [-0.2, -0.15) is 0 Å². The number of hydrogen-bond acceptors (Lipinski definition) is 12. The zero-order valence-corrected chi connectivity index (χ0v) is 22.9. The first-order chi connectivity index (χ1) is 18.4.